The Morgan fingerprint density at radius 2 is 1.70 bits per heavy atom. The first-order valence-corrected chi connectivity index (χ1v) is 10.3. The number of para-hydroxylation sites is 1. The predicted octanol–water partition coefficient (Wildman–Crippen LogP) is 4.45. The van der Waals surface area contributed by atoms with Gasteiger partial charge in [0.1, 0.15) is 5.75 Å². The highest BCUT2D eigenvalue weighted by Gasteiger charge is 2.29. The van der Waals surface area contributed by atoms with Gasteiger partial charge in [-0.05, 0) is 31.4 Å². The van der Waals surface area contributed by atoms with Crippen LogP contribution in [0.15, 0.2) is 24.3 Å². The predicted molar refractivity (Wildman–Crippen MR) is 106 cm³/mol. The highest BCUT2D eigenvalue weighted by atomic mass is 16.5. The van der Waals surface area contributed by atoms with Crippen LogP contribution < -0.4 is 4.74 Å². The first-order chi connectivity index (χ1) is 13.2. The van der Waals surface area contributed by atoms with Gasteiger partial charge in [-0.2, -0.15) is 0 Å². The highest BCUT2D eigenvalue weighted by molar-refractivity contribution is 5.97. The molecule has 1 aliphatic rings. The minimum atomic E-state index is -0.104. The van der Waals surface area contributed by atoms with E-state index in [1.54, 1.807) is 24.1 Å². The van der Waals surface area contributed by atoms with Gasteiger partial charge in [-0.3, -0.25) is 9.59 Å². The van der Waals surface area contributed by atoms with E-state index in [-0.39, 0.29) is 17.8 Å². The molecule has 0 N–H and O–H groups in total. The molecule has 0 saturated carbocycles. The molecule has 1 aliphatic heterocycles. The molecular formula is C22H33NO4. The van der Waals surface area contributed by atoms with Crippen molar-refractivity contribution in [1.29, 1.82) is 0 Å². The Labute approximate surface area is 163 Å². The molecule has 1 saturated heterocycles. The average Bonchev–Trinajstić information content (AvgIpc) is 2.72. The largest absolute Gasteiger partial charge is 0.496 e. The van der Waals surface area contributed by atoms with Crippen LogP contribution in [0, 0.1) is 5.92 Å². The Kier molecular flexibility index (Phi) is 9.16. The van der Waals surface area contributed by atoms with E-state index >= 15 is 0 Å². The van der Waals surface area contributed by atoms with Gasteiger partial charge in [0.05, 0.1) is 25.2 Å². The van der Waals surface area contributed by atoms with Crippen LogP contribution >= 0.6 is 0 Å². The van der Waals surface area contributed by atoms with E-state index < -0.39 is 0 Å². The average molecular weight is 376 g/mol. The van der Waals surface area contributed by atoms with Gasteiger partial charge in [0.2, 0.25) is 0 Å². The monoisotopic (exact) mass is 375 g/mol. The van der Waals surface area contributed by atoms with Crippen molar-refractivity contribution >= 4 is 11.9 Å². The van der Waals surface area contributed by atoms with E-state index in [0.717, 1.165) is 12.8 Å². The molecular weight excluding hydrogens is 342 g/mol. The number of likely N-dealkylation sites (tertiary alicyclic amines) is 1. The molecule has 0 spiro atoms. The fourth-order valence-corrected chi connectivity index (χ4v) is 3.48. The van der Waals surface area contributed by atoms with Crippen molar-refractivity contribution in [3.63, 3.8) is 0 Å². The number of esters is 1. The van der Waals surface area contributed by atoms with Crippen molar-refractivity contribution in [2.45, 2.75) is 58.3 Å². The molecule has 1 aromatic rings. The van der Waals surface area contributed by atoms with E-state index in [1.165, 1.54) is 25.7 Å². The lowest BCUT2D eigenvalue weighted by molar-refractivity contribution is -0.150. The second-order valence-electron chi connectivity index (χ2n) is 7.20. The molecule has 0 unspecified atom stereocenters. The van der Waals surface area contributed by atoms with Crippen molar-refractivity contribution in [3.05, 3.63) is 29.8 Å². The summed E-state index contributed by atoms with van der Waals surface area (Å²) in [6.45, 7) is 3.88. The fraction of sp³-hybridized carbons (Fsp3) is 0.636. The van der Waals surface area contributed by atoms with Crippen molar-refractivity contribution in [1.82, 2.24) is 4.90 Å². The third-order valence-electron chi connectivity index (χ3n) is 5.20. The van der Waals surface area contributed by atoms with Gasteiger partial charge >= 0.3 is 5.97 Å². The number of unbranched alkanes of at least 4 members (excludes halogenated alkanes) is 5. The number of amides is 1. The molecule has 1 aromatic carbocycles. The molecule has 5 nitrogen and oxygen atoms in total. The molecule has 0 aromatic heterocycles. The van der Waals surface area contributed by atoms with E-state index in [4.69, 9.17) is 9.47 Å². The first kappa shape index (κ1) is 21.3. The number of ether oxygens (including phenoxy) is 2. The van der Waals surface area contributed by atoms with E-state index in [0.29, 0.717) is 43.9 Å². The number of hydrogen-bond acceptors (Lipinski definition) is 4. The molecule has 1 fully saturated rings. The number of piperidine rings is 1. The van der Waals surface area contributed by atoms with Crippen LogP contribution in [0.25, 0.3) is 0 Å². The second kappa shape index (κ2) is 11.6. The molecule has 0 atom stereocenters. The molecule has 2 rings (SSSR count). The Morgan fingerprint density at radius 1 is 1.04 bits per heavy atom. The van der Waals surface area contributed by atoms with Crippen LogP contribution in [0.3, 0.4) is 0 Å². The molecule has 5 heteroatoms. The van der Waals surface area contributed by atoms with E-state index in [1.807, 2.05) is 12.1 Å². The molecule has 0 radical (unpaired) electrons. The Bertz CT molecular complexity index is 594. The van der Waals surface area contributed by atoms with Crippen LogP contribution in [0.2, 0.25) is 0 Å². The van der Waals surface area contributed by atoms with Gasteiger partial charge in [0.15, 0.2) is 0 Å². The summed E-state index contributed by atoms with van der Waals surface area (Å²) in [5.74, 6) is 0.356. The summed E-state index contributed by atoms with van der Waals surface area (Å²) in [7, 11) is 1.57. The van der Waals surface area contributed by atoms with Crippen molar-refractivity contribution in [2.24, 2.45) is 5.92 Å². The number of nitrogens with zero attached hydrogens (tertiary/aromatic N) is 1. The standard InChI is InChI=1S/C22H33NO4/c1-3-4-5-6-7-10-17-27-22(25)18-13-15-23(16-14-18)21(24)19-11-8-9-12-20(19)26-2/h8-9,11-12,18H,3-7,10,13-17H2,1-2H3. The number of benzene rings is 1. The van der Waals surface area contributed by atoms with E-state index in [9.17, 15) is 9.59 Å². The molecule has 1 heterocycles. The zero-order valence-electron chi connectivity index (χ0n) is 16.7. The summed E-state index contributed by atoms with van der Waals surface area (Å²) in [5.41, 5.74) is 0.573. The topological polar surface area (TPSA) is 55.8 Å². The summed E-state index contributed by atoms with van der Waals surface area (Å²) < 4.78 is 10.7. The zero-order valence-corrected chi connectivity index (χ0v) is 16.7. The zero-order chi connectivity index (χ0) is 19.5. The summed E-state index contributed by atoms with van der Waals surface area (Å²) in [6.07, 6.45) is 8.41. The van der Waals surface area contributed by atoms with Gasteiger partial charge in [-0.25, -0.2) is 0 Å². The van der Waals surface area contributed by atoms with E-state index in [2.05, 4.69) is 6.92 Å². The van der Waals surface area contributed by atoms with Crippen LogP contribution in [0.5, 0.6) is 5.75 Å². The molecule has 0 aliphatic carbocycles. The van der Waals surface area contributed by atoms with Gasteiger partial charge in [0.25, 0.3) is 5.91 Å². The smallest absolute Gasteiger partial charge is 0.309 e. The quantitative estimate of drug-likeness (QED) is 0.448. The Balaban J connectivity index is 1.70. The van der Waals surface area contributed by atoms with Gasteiger partial charge in [0, 0.05) is 13.1 Å². The molecule has 0 bridgehead atoms. The van der Waals surface area contributed by atoms with Gasteiger partial charge < -0.3 is 14.4 Å². The Morgan fingerprint density at radius 3 is 2.41 bits per heavy atom. The van der Waals surface area contributed by atoms with Crippen LogP contribution in [0.1, 0.15) is 68.6 Å². The van der Waals surface area contributed by atoms with Crippen molar-refractivity contribution < 1.29 is 19.1 Å². The number of carbonyl (C=O) groups is 2. The first-order valence-electron chi connectivity index (χ1n) is 10.3. The summed E-state index contributed by atoms with van der Waals surface area (Å²) in [6, 6.07) is 7.26. The van der Waals surface area contributed by atoms with Crippen LogP contribution in [-0.2, 0) is 9.53 Å². The molecule has 27 heavy (non-hydrogen) atoms. The lowest BCUT2D eigenvalue weighted by atomic mass is 9.96. The maximum absolute atomic E-state index is 12.7. The van der Waals surface area contributed by atoms with Crippen molar-refractivity contribution in [2.75, 3.05) is 26.8 Å². The third kappa shape index (κ3) is 6.56. The molecule has 150 valence electrons. The molecule has 1 amide bonds. The number of carbonyl (C=O) groups excluding carboxylic acids is 2. The highest BCUT2D eigenvalue weighted by Crippen LogP contribution is 2.24. The number of methoxy groups -OCH3 is 1. The minimum absolute atomic E-state index is 0.0358. The number of rotatable bonds is 10. The fourth-order valence-electron chi connectivity index (χ4n) is 3.48. The third-order valence-corrected chi connectivity index (χ3v) is 5.20. The minimum Gasteiger partial charge on any atom is -0.496 e. The van der Waals surface area contributed by atoms with Crippen LogP contribution in [0.4, 0.5) is 0 Å². The van der Waals surface area contributed by atoms with Gasteiger partial charge in [-0.1, -0.05) is 51.2 Å². The summed E-state index contributed by atoms with van der Waals surface area (Å²) >= 11 is 0. The normalized spacial score (nSPS) is 14.8. The summed E-state index contributed by atoms with van der Waals surface area (Å²) in [5, 5.41) is 0. The summed E-state index contributed by atoms with van der Waals surface area (Å²) in [4.78, 5) is 26.7. The maximum Gasteiger partial charge on any atom is 0.309 e. The maximum atomic E-state index is 12.7. The lowest BCUT2D eigenvalue weighted by Gasteiger charge is -2.31. The lowest BCUT2D eigenvalue weighted by Crippen LogP contribution is -2.40. The SMILES string of the molecule is CCCCCCCCOC(=O)C1CCN(C(=O)c2ccccc2OC)CC1. The second-order valence-corrected chi connectivity index (χ2v) is 7.20. The van der Waals surface area contributed by atoms with Gasteiger partial charge in [-0.15, -0.1) is 0 Å². The van der Waals surface area contributed by atoms with Crippen molar-refractivity contribution in [3.8, 4) is 5.75 Å². The number of hydrogen-bond donors (Lipinski definition) is 0. The van der Waals surface area contributed by atoms with Crippen LogP contribution in [-0.4, -0.2) is 43.6 Å². The Hall–Kier alpha value is -2.04.